The van der Waals surface area contributed by atoms with Crippen molar-refractivity contribution in [3.8, 4) is 0 Å². The Hall–Kier alpha value is -0.770. The highest BCUT2D eigenvalue weighted by atomic mass is 32.2. The molecule has 1 N–H and O–H groups in total. The lowest BCUT2D eigenvalue weighted by Gasteiger charge is -1.95. The highest BCUT2D eigenvalue weighted by Crippen LogP contribution is 2.30. The van der Waals surface area contributed by atoms with Crippen LogP contribution >= 0.6 is 11.8 Å². The van der Waals surface area contributed by atoms with E-state index >= 15 is 0 Å². The predicted octanol–water partition coefficient (Wildman–Crippen LogP) is 1.26. The molecule has 4 heteroatoms. The topological polar surface area (TPSA) is 37.8 Å². The van der Waals surface area contributed by atoms with Crippen LogP contribution in [0.4, 0.5) is 5.69 Å². The summed E-state index contributed by atoms with van der Waals surface area (Å²) < 4.78 is 0. The van der Waals surface area contributed by atoms with E-state index in [2.05, 4.69) is 15.3 Å². The Bertz CT molecular complexity index is 261. The van der Waals surface area contributed by atoms with Crippen molar-refractivity contribution >= 4 is 17.4 Å². The molecule has 3 nitrogen and oxygen atoms in total. The molecule has 2 rings (SSSR count). The molecule has 0 saturated carbocycles. The molecular weight excluding hydrogens is 146 g/mol. The van der Waals surface area contributed by atoms with E-state index in [9.17, 15) is 0 Å². The summed E-state index contributed by atoms with van der Waals surface area (Å²) in [5.74, 6) is 1.77. The minimum absolute atomic E-state index is 0.843. The third-order valence-electron chi connectivity index (χ3n) is 1.35. The van der Waals surface area contributed by atoms with E-state index in [4.69, 9.17) is 0 Å². The Balaban J connectivity index is 2.52. The molecule has 1 aliphatic rings. The Kier molecular flexibility index (Phi) is 1.27. The summed E-state index contributed by atoms with van der Waals surface area (Å²) in [6.45, 7) is 1.90. The minimum Gasteiger partial charge on any atom is -0.372 e. The van der Waals surface area contributed by atoms with Crippen LogP contribution in [0, 0.1) is 6.92 Å². The van der Waals surface area contributed by atoms with E-state index in [0.717, 1.165) is 22.4 Å². The second-order valence-electron chi connectivity index (χ2n) is 2.10. The van der Waals surface area contributed by atoms with Crippen LogP contribution in [0.1, 0.15) is 5.82 Å². The van der Waals surface area contributed by atoms with Gasteiger partial charge in [-0.2, -0.15) is 0 Å². The summed E-state index contributed by atoms with van der Waals surface area (Å²) >= 11 is 1.72. The molecule has 0 spiro atoms. The Morgan fingerprint density at radius 1 is 1.70 bits per heavy atom. The molecule has 0 bridgehead atoms. The third-order valence-corrected chi connectivity index (χ3v) is 2.22. The van der Waals surface area contributed by atoms with E-state index in [1.54, 1.807) is 11.8 Å². The number of rotatable bonds is 0. The van der Waals surface area contributed by atoms with Crippen LogP contribution in [0.15, 0.2) is 11.2 Å². The fourth-order valence-electron chi connectivity index (χ4n) is 0.863. The summed E-state index contributed by atoms with van der Waals surface area (Å²) in [5.41, 5.74) is 1.07. The molecule has 0 saturated heterocycles. The number of aryl methyl sites for hydroxylation is 1. The number of nitrogens with zero attached hydrogens (tertiary/aromatic N) is 2. The summed E-state index contributed by atoms with van der Waals surface area (Å²) in [6, 6.07) is 0. The molecule has 2 heterocycles. The van der Waals surface area contributed by atoms with Crippen LogP contribution in [0.2, 0.25) is 0 Å². The number of hydrogen-bond donors (Lipinski definition) is 1. The van der Waals surface area contributed by atoms with E-state index in [0.29, 0.717) is 0 Å². The van der Waals surface area contributed by atoms with Gasteiger partial charge in [-0.1, -0.05) is 11.8 Å². The third kappa shape index (κ3) is 0.844. The van der Waals surface area contributed by atoms with Crippen LogP contribution in [-0.4, -0.2) is 15.8 Å². The van der Waals surface area contributed by atoms with Crippen LogP contribution in [0.5, 0.6) is 0 Å². The van der Waals surface area contributed by atoms with E-state index in [1.807, 2.05) is 13.1 Å². The zero-order valence-electron chi connectivity index (χ0n) is 5.59. The summed E-state index contributed by atoms with van der Waals surface area (Å²) in [5, 5.41) is 4.24. The fraction of sp³-hybridized carbons (Fsp3) is 0.333. The molecule has 0 atom stereocenters. The van der Waals surface area contributed by atoms with Gasteiger partial charge < -0.3 is 5.32 Å². The quantitative estimate of drug-likeness (QED) is 0.569. The smallest absolute Gasteiger partial charge is 0.126 e. The molecule has 1 aliphatic heterocycles. The maximum absolute atomic E-state index is 4.24. The summed E-state index contributed by atoms with van der Waals surface area (Å²) in [7, 11) is 0. The zero-order valence-corrected chi connectivity index (χ0v) is 6.40. The van der Waals surface area contributed by atoms with Gasteiger partial charge in [-0.3, -0.25) is 0 Å². The number of fused-ring (bicyclic) bond motifs is 1. The maximum atomic E-state index is 4.24. The molecular formula is C6H7N3S. The number of aromatic nitrogens is 2. The monoisotopic (exact) mass is 153 g/mol. The second kappa shape index (κ2) is 2.12. The lowest BCUT2D eigenvalue weighted by atomic mass is 10.5. The van der Waals surface area contributed by atoms with Crippen molar-refractivity contribution in [3.63, 3.8) is 0 Å². The normalized spacial score (nSPS) is 14.5. The average molecular weight is 153 g/mol. The maximum Gasteiger partial charge on any atom is 0.126 e. The highest BCUT2D eigenvalue weighted by Gasteiger charge is 2.11. The zero-order chi connectivity index (χ0) is 6.97. The molecule has 0 unspecified atom stereocenters. The first-order valence-corrected chi connectivity index (χ1v) is 4.05. The SMILES string of the molecule is Cc1ncc2c(n1)SCN2. The summed E-state index contributed by atoms with van der Waals surface area (Å²) in [6.07, 6.45) is 1.83. The first-order chi connectivity index (χ1) is 4.86. The largest absolute Gasteiger partial charge is 0.372 e. The van der Waals surface area contributed by atoms with Gasteiger partial charge in [0.2, 0.25) is 0 Å². The average Bonchev–Trinajstić information content (AvgIpc) is 2.33. The molecule has 0 fully saturated rings. The minimum atomic E-state index is 0.843. The van der Waals surface area contributed by atoms with E-state index < -0.39 is 0 Å². The molecule has 1 aromatic rings. The Morgan fingerprint density at radius 2 is 2.60 bits per heavy atom. The number of hydrogen-bond acceptors (Lipinski definition) is 4. The van der Waals surface area contributed by atoms with Crippen LogP contribution in [0.25, 0.3) is 0 Å². The van der Waals surface area contributed by atoms with Crippen molar-refractivity contribution in [2.75, 3.05) is 11.2 Å². The number of anilines is 1. The van der Waals surface area contributed by atoms with Gasteiger partial charge in [0.05, 0.1) is 17.8 Å². The first kappa shape index (κ1) is 5.97. The van der Waals surface area contributed by atoms with Gasteiger partial charge in [0.15, 0.2) is 0 Å². The predicted molar refractivity (Wildman–Crippen MR) is 41.1 cm³/mol. The Morgan fingerprint density at radius 3 is 3.50 bits per heavy atom. The van der Waals surface area contributed by atoms with Gasteiger partial charge in [-0.05, 0) is 6.92 Å². The summed E-state index contributed by atoms with van der Waals surface area (Å²) in [4.78, 5) is 8.31. The van der Waals surface area contributed by atoms with Crippen LogP contribution in [0.3, 0.4) is 0 Å². The van der Waals surface area contributed by atoms with Crippen molar-refractivity contribution in [2.24, 2.45) is 0 Å². The fourth-order valence-corrected chi connectivity index (χ4v) is 1.70. The lowest BCUT2D eigenvalue weighted by Crippen LogP contribution is -1.91. The van der Waals surface area contributed by atoms with Gasteiger partial charge in [0.25, 0.3) is 0 Å². The number of nitrogens with one attached hydrogen (secondary N) is 1. The van der Waals surface area contributed by atoms with Crippen molar-refractivity contribution in [1.29, 1.82) is 0 Å². The molecule has 0 amide bonds. The molecule has 0 radical (unpaired) electrons. The first-order valence-electron chi connectivity index (χ1n) is 3.06. The van der Waals surface area contributed by atoms with Gasteiger partial charge in [0.1, 0.15) is 10.9 Å². The van der Waals surface area contributed by atoms with Crippen LogP contribution in [-0.2, 0) is 0 Å². The molecule has 52 valence electrons. The van der Waals surface area contributed by atoms with E-state index in [1.165, 1.54) is 0 Å². The van der Waals surface area contributed by atoms with Gasteiger partial charge in [-0.25, -0.2) is 9.97 Å². The molecule has 0 aliphatic carbocycles. The molecule has 0 aromatic carbocycles. The van der Waals surface area contributed by atoms with Crippen molar-refractivity contribution in [2.45, 2.75) is 11.9 Å². The van der Waals surface area contributed by atoms with Crippen LogP contribution < -0.4 is 5.32 Å². The van der Waals surface area contributed by atoms with Crippen molar-refractivity contribution in [1.82, 2.24) is 9.97 Å². The number of thioether (sulfide) groups is 1. The van der Waals surface area contributed by atoms with Crippen molar-refractivity contribution < 1.29 is 0 Å². The lowest BCUT2D eigenvalue weighted by molar-refractivity contribution is 0.979. The standard InChI is InChI=1S/C6H7N3S/c1-4-7-2-5-6(9-4)10-3-8-5/h2,8H,3H2,1H3. The molecule has 1 aromatic heterocycles. The van der Waals surface area contributed by atoms with E-state index in [-0.39, 0.29) is 0 Å². The second-order valence-corrected chi connectivity index (χ2v) is 3.07. The van der Waals surface area contributed by atoms with Crippen molar-refractivity contribution in [3.05, 3.63) is 12.0 Å². The molecule has 10 heavy (non-hydrogen) atoms. The van der Waals surface area contributed by atoms with Gasteiger partial charge in [-0.15, -0.1) is 0 Å². The van der Waals surface area contributed by atoms with Gasteiger partial charge in [0, 0.05) is 0 Å². The Labute approximate surface area is 63.3 Å². The highest BCUT2D eigenvalue weighted by molar-refractivity contribution is 7.99. The van der Waals surface area contributed by atoms with Gasteiger partial charge >= 0.3 is 0 Å².